The number of nitriles is 1. The van der Waals surface area contributed by atoms with Crippen LogP contribution < -0.4 is 5.32 Å². The van der Waals surface area contributed by atoms with Gasteiger partial charge in [-0.25, -0.2) is 0 Å². The molecule has 0 radical (unpaired) electrons. The summed E-state index contributed by atoms with van der Waals surface area (Å²) in [5, 5.41) is 12.2. The number of nitrogens with one attached hydrogen (secondary N) is 1. The summed E-state index contributed by atoms with van der Waals surface area (Å²) in [6, 6.07) is 15.8. The van der Waals surface area contributed by atoms with Gasteiger partial charge in [-0.2, -0.15) is 5.26 Å². The molecule has 0 spiro atoms. The minimum absolute atomic E-state index is 0.657. The molecule has 1 N–H and O–H groups in total. The summed E-state index contributed by atoms with van der Waals surface area (Å²) < 4.78 is 5.39. The lowest BCUT2D eigenvalue weighted by Gasteiger charge is -2.08. The van der Waals surface area contributed by atoms with Gasteiger partial charge in [0.25, 0.3) is 0 Å². The first-order valence-electron chi connectivity index (χ1n) is 5.82. The third kappa shape index (κ3) is 2.06. The van der Waals surface area contributed by atoms with Gasteiger partial charge in [0.2, 0.25) is 0 Å². The second kappa shape index (κ2) is 4.52. The van der Waals surface area contributed by atoms with Crippen LogP contribution in [0.15, 0.2) is 42.5 Å². The lowest BCUT2D eigenvalue weighted by atomic mass is 10.1. The maximum absolute atomic E-state index is 8.86. The zero-order valence-electron chi connectivity index (χ0n) is 9.81. The Morgan fingerprint density at radius 2 is 1.83 bits per heavy atom. The summed E-state index contributed by atoms with van der Waals surface area (Å²) in [5.74, 6) is 0. The Morgan fingerprint density at radius 3 is 2.72 bits per heavy atom. The van der Waals surface area contributed by atoms with Crippen LogP contribution in [0.3, 0.4) is 0 Å². The highest BCUT2D eigenvalue weighted by molar-refractivity contribution is 5.62. The maximum atomic E-state index is 8.86. The average Bonchev–Trinajstić information content (AvgIpc) is 2.86. The molecular formula is C15H12N2O. The van der Waals surface area contributed by atoms with Crippen molar-refractivity contribution >= 4 is 11.4 Å². The lowest BCUT2D eigenvalue weighted by molar-refractivity contribution is 0.134. The molecule has 0 unspecified atom stereocenters. The molecule has 18 heavy (non-hydrogen) atoms. The molecule has 0 saturated carbocycles. The zero-order chi connectivity index (χ0) is 12.4. The van der Waals surface area contributed by atoms with Gasteiger partial charge in [-0.1, -0.05) is 12.1 Å². The van der Waals surface area contributed by atoms with Gasteiger partial charge in [0.05, 0.1) is 24.8 Å². The van der Waals surface area contributed by atoms with Crippen molar-refractivity contribution in [1.82, 2.24) is 0 Å². The Kier molecular flexibility index (Phi) is 2.71. The molecule has 1 aliphatic rings. The molecule has 0 amide bonds. The predicted octanol–water partition coefficient (Wildman–Crippen LogP) is 3.33. The number of hydrogen-bond donors (Lipinski definition) is 1. The summed E-state index contributed by atoms with van der Waals surface area (Å²) in [6.07, 6.45) is 0. The van der Waals surface area contributed by atoms with E-state index in [0.717, 1.165) is 11.4 Å². The van der Waals surface area contributed by atoms with Crippen molar-refractivity contribution in [3.8, 4) is 6.07 Å². The standard InChI is InChI=1S/C15H12N2O/c16-8-11-2-1-3-14(6-11)17-15-5-4-12-9-18-10-13(12)7-15/h1-7,17H,9-10H2. The van der Waals surface area contributed by atoms with Gasteiger partial charge in [-0.15, -0.1) is 0 Å². The van der Waals surface area contributed by atoms with Crippen LogP contribution in [0.1, 0.15) is 16.7 Å². The number of anilines is 2. The summed E-state index contributed by atoms with van der Waals surface area (Å²) >= 11 is 0. The summed E-state index contributed by atoms with van der Waals surface area (Å²) in [7, 11) is 0. The highest BCUT2D eigenvalue weighted by Crippen LogP contribution is 2.25. The summed E-state index contributed by atoms with van der Waals surface area (Å²) in [6.45, 7) is 1.39. The highest BCUT2D eigenvalue weighted by atomic mass is 16.5. The first kappa shape index (κ1) is 10.8. The highest BCUT2D eigenvalue weighted by Gasteiger charge is 2.11. The van der Waals surface area contributed by atoms with Gasteiger partial charge in [0, 0.05) is 11.4 Å². The maximum Gasteiger partial charge on any atom is 0.0992 e. The zero-order valence-corrected chi connectivity index (χ0v) is 9.81. The topological polar surface area (TPSA) is 45.0 Å². The van der Waals surface area contributed by atoms with E-state index in [1.807, 2.05) is 24.3 Å². The number of nitrogens with zero attached hydrogens (tertiary/aromatic N) is 1. The molecule has 3 nitrogen and oxygen atoms in total. The van der Waals surface area contributed by atoms with Crippen LogP contribution in [0.2, 0.25) is 0 Å². The number of fused-ring (bicyclic) bond motifs is 1. The fraction of sp³-hybridized carbons (Fsp3) is 0.133. The van der Waals surface area contributed by atoms with Gasteiger partial charge < -0.3 is 10.1 Å². The third-order valence-electron chi connectivity index (χ3n) is 3.00. The molecule has 3 heteroatoms. The van der Waals surface area contributed by atoms with E-state index in [0.29, 0.717) is 18.8 Å². The molecule has 0 fully saturated rings. The fourth-order valence-electron chi connectivity index (χ4n) is 2.08. The lowest BCUT2D eigenvalue weighted by Crippen LogP contribution is -1.92. The molecule has 1 heterocycles. The summed E-state index contributed by atoms with van der Waals surface area (Å²) in [5.41, 5.74) is 5.09. The van der Waals surface area contributed by atoms with Crippen molar-refractivity contribution in [3.63, 3.8) is 0 Å². The van der Waals surface area contributed by atoms with Crippen LogP contribution >= 0.6 is 0 Å². The Bertz CT molecular complexity index is 629. The van der Waals surface area contributed by atoms with Gasteiger partial charge in [-0.3, -0.25) is 0 Å². The molecule has 88 valence electrons. The van der Waals surface area contributed by atoms with E-state index < -0.39 is 0 Å². The minimum atomic E-state index is 0.657. The molecule has 0 atom stereocenters. The molecule has 0 aromatic heterocycles. The van der Waals surface area contributed by atoms with Crippen molar-refractivity contribution in [3.05, 3.63) is 59.2 Å². The SMILES string of the molecule is N#Cc1cccc(Nc2ccc3c(c2)COC3)c1. The van der Waals surface area contributed by atoms with Crippen molar-refractivity contribution in [2.75, 3.05) is 5.32 Å². The van der Waals surface area contributed by atoms with Crippen LogP contribution in [-0.2, 0) is 18.0 Å². The largest absolute Gasteiger partial charge is 0.372 e. The number of benzene rings is 2. The van der Waals surface area contributed by atoms with Crippen LogP contribution in [0, 0.1) is 11.3 Å². The Labute approximate surface area is 106 Å². The first-order valence-corrected chi connectivity index (χ1v) is 5.82. The van der Waals surface area contributed by atoms with Gasteiger partial charge in [0.1, 0.15) is 0 Å². The normalized spacial score (nSPS) is 12.8. The minimum Gasteiger partial charge on any atom is -0.372 e. The summed E-state index contributed by atoms with van der Waals surface area (Å²) in [4.78, 5) is 0. The van der Waals surface area contributed by atoms with E-state index in [1.165, 1.54) is 11.1 Å². The third-order valence-corrected chi connectivity index (χ3v) is 3.00. The molecular weight excluding hydrogens is 224 g/mol. The van der Waals surface area contributed by atoms with Crippen molar-refractivity contribution in [2.24, 2.45) is 0 Å². The molecule has 2 aromatic rings. The van der Waals surface area contributed by atoms with Crippen molar-refractivity contribution in [1.29, 1.82) is 5.26 Å². The number of rotatable bonds is 2. The second-order valence-corrected chi connectivity index (χ2v) is 4.29. The van der Waals surface area contributed by atoms with Crippen molar-refractivity contribution < 1.29 is 4.74 Å². The Morgan fingerprint density at radius 1 is 1.00 bits per heavy atom. The van der Waals surface area contributed by atoms with E-state index in [4.69, 9.17) is 10.00 Å². The van der Waals surface area contributed by atoms with Crippen LogP contribution in [0.4, 0.5) is 11.4 Å². The predicted molar refractivity (Wildman–Crippen MR) is 69.4 cm³/mol. The number of hydrogen-bond acceptors (Lipinski definition) is 3. The average molecular weight is 236 g/mol. The number of ether oxygens (including phenoxy) is 1. The monoisotopic (exact) mass is 236 g/mol. The first-order chi connectivity index (χ1) is 8.85. The quantitative estimate of drug-likeness (QED) is 0.869. The Hall–Kier alpha value is -2.31. The van der Waals surface area contributed by atoms with E-state index in [-0.39, 0.29) is 0 Å². The molecule has 0 aliphatic carbocycles. The fourth-order valence-corrected chi connectivity index (χ4v) is 2.08. The molecule has 3 rings (SSSR count). The van der Waals surface area contributed by atoms with Gasteiger partial charge >= 0.3 is 0 Å². The van der Waals surface area contributed by atoms with E-state index in [9.17, 15) is 0 Å². The molecule has 0 saturated heterocycles. The van der Waals surface area contributed by atoms with E-state index in [1.54, 1.807) is 6.07 Å². The van der Waals surface area contributed by atoms with E-state index in [2.05, 4.69) is 23.5 Å². The van der Waals surface area contributed by atoms with Crippen LogP contribution in [0.25, 0.3) is 0 Å². The van der Waals surface area contributed by atoms with Crippen molar-refractivity contribution in [2.45, 2.75) is 13.2 Å². The molecule has 0 bridgehead atoms. The van der Waals surface area contributed by atoms with Crippen LogP contribution in [0.5, 0.6) is 0 Å². The van der Waals surface area contributed by atoms with Crippen LogP contribution in [-0.4, -0.2) is 0 Å². The van der Waals surface area contributed by atoms with Gasteiger partial charge in [0.15, 0.2) is 0 Å². The molecule has 1 aliphatic heterocycles. The Balaban J connectivity index is 1.86. The molecule has 2 aromatic carbocycles. The van der Waals surface area contributed by atoms with Gasteiger partial charge in [-0.05, 0) is 41.5 Å². The van der Waals surface area contributed by atoms with E-state index >= 15 is 0 Å². The second-order valence-electron chi connectivity index (χ2n) is 4.29. The smallest absolute Gasteiger partial charge is 0.0992 e.